The van der Waals surface area contributed by atoms with Crippen LogP contribution in [-0.4, -0.2) is 6.29 Å². The molecule has 0 N–H and O–H groups in total. The standard InChI is InChI=1S/C14H18O.C2H6/c1-3-5-6-7-14-10-12(11-15)8-9-13(14)4-2;1-2/h4,8-11H,2-3,5-7H2,1H3;1-2H3. The summed E-state index contributed by atoms with van der Waals surface area (Å²) in [6.45, 7) is 9.98. The second kappa shape index (κ2) is 9.83. The molecule has 0 unspecified atom stereocenters. The smallest absolute Gasteiger partial charge is 0.150 e. The summed E-state index contributed by atoms with van der Waals surface area (Å²) in [5.41, 5.74) is 3.15. The summed E-state index contributed by atoms with van der Waals surface area (Å²) in [6, 6.07) is 5.78. The molecule has 0 saturated carbocycles. The van der Waals surface area contributed by atoms with Gasteiger partial charge in [-0.25, -0.2) is 0 Å². The van der Waals surface area contributed by atoms with Crippen LogP contribution in [0, 0.1) is 0 Å². The Labute approximate surface area is 106 Å². The van der Waals surface area contributed by atoms with Gasteiger partial charge in [0, 0.05) is 5.56 Å². The fourth-order valence-corrected chi connectivity index (χ4v) is 1.68. The maximum atomic E-state index is 10.7. The van der Waals surface area contributed by atoms with Crippen molar-refractivity contribution in [2.24, 2.45) is 0 Å². The van der Waals surface area contributed by atoms with Gasteiger partial charge in [-0.3, -0.25) is 4.79 Å². The van der Waals surface area contributed by atoms with E-state index in [9.17, 15) is 4.79 Å². The maximum absolute atomic E-state index is 10.7. The molecule has 0 radical (unpaired) electrons. The van der Waals surface area contributed by atoms with E-state index < -0.39 is 0 Å². The zero-order valence-electron chi connectivity index (χ0n) is 11.3. The van der Waals surface area contributed by atoms with E-state index >= 15 is 0 Å². The molecule has 0 fully saturated rings. The van der Waals surface area contributed by atoms with Gasteiger partial charge in [0.25, 0.3) is 0 Å². The third-order valence-electron chi connectivity index (χ3n) is 2.57. The van der Waals surface area contributed by atoms with Crippen molar-refractivity contribution in [1.82, 2.24) is 0 Å². The molecule has 0 amide bonds. The summed E-state index contributed by atoms with van der Waals surface area (Å²) in [7, 11) is 0. The van der Waals surface area contributed by atoms with Crippen molar-refractivity contribution in [2.45, 2.75) is 46.5 Å². The molecule has 0 saturated heterocycles. The van der Waals surface area contributed by atoms with Crippen molar-refractivity contribution >= 4 is 12.4 Å². The molecule has 0 heterocycles. The van der Waals surface area contributed by atoms with E-state index in [4.69, 9.17) is 0 Å². The molecule has 0 atom stereocenters. The highest BCUT2D eigenvalue weighted by Crippen LogP contribution is 2.15. The summed E-state index contributed by atoms with van der Waals surface area (Å²) >= 11 is 0. The lowest BCUT2D eigenvalue weighted by atomic mass is 9.99. The Morgan fingerprint density at radius 3 is 2.47 bits per heavy atom. The van der Waals surface area contributed by atoms with Crippen LogP contribution in [0.4, 0.5) is 0 Å². The van der Waals surface area contributed by atoms with Crippen LogP contribution in [0.15, 0.2) is 24.8 Å². The molecule has 94 valence electrons. The maximum Gasteiger partial charge on any atom is 0.150 e. The zero-order chi connectivity index (χ0) is 13.1. The summed E-state index contributed by atoms with van der Waals surface area (Å²) in [6.07, 6.45) is 7.43. The van der Waals surface area contributed by atoms with Crippen molar-refractivity contribution in [3.05, 3.63) is 41.5 Å². The summed E-state index contributed by atoms with van der Waals surface area (Å²) < 4.78 is 0. The van der Waals surface area contributed by atoms with E-state index in [1.165, 1.54) is 24.8 Å². The lowest BCUT2D eigenvalue weighted by Crippen LogP contribution is -1.92. The fraction of sp³-hybridized carbons (Fsp3) is 0.438. The molecule has 17 heavy (non-hydrogen) atoms. The number of rotatable bonds is 6. The van der Waals surface area contributed by atoms with E-state index in [-0.39, 0.29) is 0 Å². The van der Waals surface area contributed by atoms with Crippen LogP contribution in [0.3, 0.4) is 0 Å². The summed E-state index contributed by atoms with van der Waals surface area (Å²) in [5.74, 6) is 0. The van der Waals surface area contributed by atoms with Crippen molar-refractivity contribution in [2.75, 3.05) is 0 Å². The molecule has 1 heteroatoms. The SMILES string of the molecule is C=Cc1ccc(C=O)cc1CCCCC.CC. The van der Waals surface area contributed by atoms with E-state index in [0.717, 1.165) is 23.8 Å². The summed E-state index contributed by atoms with van der Waals surface area (Å²) in [5, 5.41) is 0. The van der Waals surface area contributed by atoms with Gasteiger partial charge in [-0.15, -0.1) is 0 Å². The Morgan fingerprint density at radius 2 is 1.94 bits per heavy atom. The van der Waals surface area contributed by atoms with Gasteiger partial charge in [0.05, 0.1) is 0 Å². The second-order valence-electron chi connectivity index (χ2n) is 3.74. The van der Waals surface area contributed by atoms with Crippen LogP contribution >= 0.6 is 0 Å². The number of hydrogen-bond donors (Lipinski definition) is 0. The highest BCUT2D eigenvalue weighted by molar-refractivity contribution is 5.76. The molecule has 0 aliphatic carbocycles. The topological polar surface area (TPSA) is 17.1 Å². The molecule has 0 spiro atoms. The minimum atomic E-state index is 0.757. The van der Waals surface area contributed by atoms with Crippen molar-refractivity contribution in [3.63, 3.8) is 0 Å². The van der Waals surface area contributed by atoms with Gasteiger partial charge in [0.15, 0.2) is 0 Å². The average Bonchev–Trinajstić information content (AvgIpc) is 2.41. The first kappa shape index (κ1) is 15.6. The van der Waals surface area contributed by atoms with Gasteiger partial charge < -0.3 is 0 Å². The van der Waals surface area contributed by atoms with Crippen LogP contribution in [0.5, 0.6) is 0 Å². The number of hydrogen-bond acceptors (Lipinski definition) is 1. The highest BCUT2D eigenvalue weighted by atomic mass is 16.1. The van der Waals surface area contributed by atoms with E-state index in [1.807, 2.05) is 38.1 Å². The largest absolute Gasteiger partial charge is 0.298 e. The molecule has 1 nitrogen and oxygen atoms in total. The summed E-state index contributed by atoms with van der Waals surface area (Å²) in [4.78, 5) is 10.7. The molecule has 1 rings (SSSR count). The predicted molar refractivity (Wildman–Crippen MR) is 76.5 cm³/mol. The Morgan fingerprint density at radius 1 is 1.24 bits per heavy atom. The van der Waals surface area contributed by atoms with Crippen molar-refractivity contribution in [1.29, 1.82) is 0 Å². The number of unbranched alkanes of at least 4 members (excludes halogenated alkanes) is 2. The number of carbonyl (C=O) groups is 1. The number of aryl methyl sites for hydroxylation is 1. The molecule has 1 aromatic carbocycles. The Balaban J connectivity index is 0.00000121. The molecule has 0 aliphatic heterocycles. The first-order valence-electron chi connectivity index (χ1n) is 6.52. The minimum absolute atomic E-state index is 0.757. The normalized spacial score (nSPS) is 9.12. The number of carbonyl (C=O) groups excluding carboxylic acids is 1. The number of benzene rings is 1. The molecule has 0 bridgehead atoms. The zero-order valence-corrected chi connectivity index (χ0v) is 11.3. The average molecular weight is 232 g/mol. The fourth-order valence-electron chi connectivity index (χ4n) is 1.68. The lowest BCUT2D eigenvalue weighted by molar-refractivity contribution is 0.112. The predicted octanol–water partition coefficient (Wildman–Crippen LogP) is 4.90. The monoisotopic (exact) mass is 232 g/mol. The first-order valence-corrected chi connectivity index (χ1v) is 6.52. The van der Waals surface area contributed by atoms with Gasteiger partial charge in [-0.2, -0.15) is 0 Å². The lowest BCUT2D eigenvalue weighted by Gasteiger charge is -2.06. The Hall–Kier alpha value is -1.37. The van der Waals surface area contributed by atoms with E-state index in [0.29, 0.717) is 0 Å². The van der Waals surface area contributed by atoms with Gasteiger partial charge in [-0.1, -0.05) is 58.4 Å². The molecule has 1 aromatic rings. The molecular formula is C16H24O. The highest BCUT2D eigenvalue weighted by Gasteiger charge is 2.00. The Bertz CT molecular complexity index is 339. The number of aldehydes is 1. The van der Waals surface area contributed by atoms with Crippen LogP contribution in [0.2, 0.25) is 0 Å². The van der Waals surface area contributed by atoms with Crippen molar-refractivity contribution < 1.29 is 4.79 Å². The van der Waals surface area contributed by atoms with Gasteiger partial charge in [-0.05, 0) is 30.0 Å². The van der Waals surface area contributed by atoms with Crippen LogP contribution < -0.4 is 0 Å². The van der Waals surface area contributed by atoms with Gasteiger partial charge in [0.1, 0.15) is 6.29 Å². The second-order valence-corrected chi connectivity index (χ2v) is 3.74. The van der Waals surface area contributed by atoms with E-state index in [1.54, 1.807) is 0 Å². The quantitative estimate of drug-likeness (QED) is 0.503. The third-order valence-corrected chi connectivity index (χ3v) is 2.57. The Kier molecular flexibility index (Phi) is 9.04. The molecule has 0 aliphatic rings. The van der Waals surface area contributed by atoms with E-state index in [2.05, 4.69) is 13.5 Å². The van der Waals surface area contributed by atoms with Gasteiger partial charge in [0.2, 0.25) is 0 Å². The first-order chi connectivity index (χ1) is 8.31. The van der Waals surface area contributed by atoms with Crippen LogP contribution in [-0.2, 0) is 6.42 Å². The molecular weight excluding hydrogens is 208 g/mol. The van der Waals surface area contributed by atoms with Crippen LogP contribution in [0.1, 0.15) is 61.5 Å². The van der Waals surface area contributed by atoms with Gasteiger partial charge >= 0.3 is 0 Å². The van der Waals surface area contributed by atoms with Crippen LogP contribution in [0.25, 0.3) is 6.08 Å². The van der Waals surface area contributed by atoms with Crippen molar-refractivity contribution in [3.8, 4) is 0 Å². The third kappa shape index (κ3) is 5.48. The molecule has 0 aromatic heterocycles. The minimum Gasteiger partial charge on any atom is -0.298 e.